The summed E-state index contributed by atoms with van der Waals surface area (Å²) >= 11 is 1.92. The van der Waals surface area contributed by atoms with Crippen LogP contribution in [0.4, 0.5) is 5.69 Å². The zero-order valence-corrected chi connectivity index (χ0v) is 8.24. The fourth-order valence-electron chi connectivity index (χ4n) is 1.63. The minimum absolute atomic E-state index is 0.653. The molecule has 0 aromatic heterocycles. The van der Waals surface area contributed by atoms with E-state index in [0.29, 0.717) is 5.25 Å². The molecular weight excluding hydrogens is 166 g/mol. The van der Waals surface area contributed by atoms with Crippen LogP contribution in [-0.4, -0.2) is 12.8 Å². The summed E-state index contributed by atoms with van der Waals surface area (Å²) in [7, 11) is 0. The number of hydrogen-bond acceptors (Lipinski definition) is 2. The fourth-order valence-corrected chi connectivity index (χ4v) is 2.34. The van der Waals surface area contributed by atoms with Crippen molar-refractivity contribution in [3.8, 4) is 0 Å². The quantitative estimate of drug-likeness (QED) is 0.711. The molecule has 12 heavy (non-hydrogen) atoms. The number of aryl methyl sites for hydroxylation is 1. The first-order chi connectivity index (χ1) is 5.81. The van der Waals surface area contributed by atoms with Gasteiger partial charge in [-0.1, -0.05) is 12.1 Å². The Balaban J connectivity index is 2.40. The zero-order valence-electron chi connectivity index (χ0n) is 7.42. The Morgan fingerprint density at radius 1 is 1.50 bits per heavy atom. The molecule has 1 aromatic rings. The van der Waals surface area contributed by atoms with E-state index in [9.17, 15) is 0 Å². The second-order valence-electron chi connectivity index (χ2n) is 3.20. The van der Waals surface area contributed by atoms with Gasteiger partial charge in [-0.2, -0.15) is 11.8 Å². The summed E-state index contributed by atoms with van der Waals surface area (Å²) in [5.74, 6) is 0. The van der Waals surface area contributed by atoms with Crippen molar-refractivity contribution >= 4 is 17.4 Å². The fraction of sp³-hybridized carbons (Fsp3) is 0.400. The third kappa shape index (κ3) is 1.20. The summed E-state index contributed by atoms with van der Waals surface area (Å²) in [6, 6.07) is 6.66. The van der Waals surface area contributed by atoms with Gasteiger partial charge in [0.2, 0.25) is 0 Å². The SMILES string of the molecule is CSC1CNc2cc(C)ccc21. The number of nitrogens with one attached hydrogen (secondary N) is 1. The second kappa shape index (κ2) is 3.02. The third-order valence-electron chi connectivity index (χ3n) is 2.32. The van der Waals surface area contributed by atoms with Crippen molar-refractivity contribution < 1.29 is 0 Å². The Hall–Kier alpha value is -0.630. The molecule has 1 atom stereocenters. The lowest BCUT2D eigenvalue weighted by molar-refractivity contribution is 1.07. The molecule has 1 aromatic carbocycles. The monoisotopic (exact) mass is 179 g/mol. The van der Waals surface area contributed by atoms with E-state index in [2.05, 4.69) is 36.7 Å². The number of anilines is 1. The van der Waals surface area contributed by atoms with Crippen LogP contribution in [0.2, 0.25) is 0 Å². The van der Waals surface area contributed by atoms with Gasteiger partial charge in [-0.25, -0.2) is 0 Å². The van der Waals surface area contributed by atoms with Gasteiger partial charge in [0.15, 0.2) is 0 Å². The molecule has 0 saturated heterocycles. The highest BCUT2D eigenvalue weighted by atomic mass is 32.2. The highest BCUT2D eigenvalue weighted by molar-refractivity contribution is 7.98. The van der Waals surface area contributed by atoms with Crippen LogP contribution in [-0.2, 0) is 0 Å². The lowest BCUT2D eigenvalue weighted by Gasteiger charge is -2.05. The van der Waals surface area contributed by atoms with Crippen molar-refractivity contribution in [2.24, 2.45) is 0 Å². The molecule has 1 unspecified atom stereocenters. The summed E-state index contributed by atoms with van der Waals surface area (Å²) in [6.45, 7) is 3.22. The molecule has 0 spiro atoms. The van der Waals surface area contributed by atoms with E-state index in [1.807, 2.05) is 11.8 Å². The molecule has 64 valence electrons. The lowest BCUT2D eigenvalue weighted by Crippen LogP contribution is -1.96. The summed E-state index contributed by atoms with van der Waals surface area (Å²) in [5, 5.41) is 4.07. The first-order valence-electron chi connectivity index (χ1n) is 4.18. The number of hydrogen-bond donors (Lipinski definition) is 1. The molecule has 0 amide bonds. The summed E-state index contributed by atoms with van der Waals surface area (Å²) in [4.78, 5) is 0. The van der Waals surface area contributed by atoms with E-state index in [1.54, 1.807) is 0 Å². The van der Waals surface area contributed by atoms with Crippen LogP contribution in [0.15, 0.2) is 18.2 Å². The molecule has 0 bridgehead atoms. The molecule has 1 N–H and O–H groups in total. The number of rotatable bonds is 1. The number of fused-ring (bicyclic) bond motifs is 1. The van der Waals surface area contributed by atoms with E-state index in [4.69, 9.17) is 0 Å². The Kier molecular flexibility index (Phi) is 2.01. The van der Waals surface area contributed by atoms with Gasteiger partial charge in [0, 0.05) is 17.5 Å². The average molecular weight is 179 g/mol. The Labute approximate surface area is 77.6 Å². The van der Waals surface area contributed by atoms with Crippen molar-refractivity contribution in [2.45, 2.75) is 12.2 Å². The molecule has 0 saturated carbocycles. The van der Waals surface area contributed by atoms with Crippen molar-refractivity contribution in [2.75, 3.05) is 18.1 Å². The molecule has 1 heterocycles. The first kappa shape index (κ1) is 7.99. The highest BCUT2D eigenvalue weighted by Gasteiger charge is 2.20. The van der Waals surface area contributed by atoms with Crippen molar-refractivity contribution in [3.63, 3.8) is 0 Å². The molecule has 1 aliphatic rings. The predicted molar refractivity (Wildman–Crippen MR) is 55.9 cm³/mol. The Bertz CT molecular complexity index is 296. The highest BCUT2D eigenvalue weighted by Crippen LogP contribution is 2.37. The van der Waals surface area contributed by atoms with E-state index in [-0.39, 0.29) is 0 Å². The molecule has 1 nitrogen and oxygen atoms in total. The van der Waals surface area contributed by atoms with Crippen molar-refractivity contribution in [3.05, 3.63) is 29.3 Å². The van der Waals surface area contributed by atoms with Crippen LogP contribution >= 0.6 is 11.8 Å². The molecule has 2 rings (SSSR count). The lowest BCUT2D eigenvalue weighted by atomic mass is 10.1. The summed E-state index contributed by atoms with van der Waals surface area (Å²) in [6.07, 6.45) is 2.17. The molecule has 1 aliphatic heterocycles. The topological polar surface area (TPSA) is 12.0 Å². The van der Waals surface area contributed by atoms with Crippen LogP contribution in [0.1, 0.15) is 16.4 Å². The first-order valence-corrected chi connectivity index (χ1v) is 5.47. The number of benzene rings is 1. The van der Waals surface area contributed by atoms with E-state index in [0.717, 1.165) is 6.54 Å². The van der Waals surface area contributed by atoms with Crippen LogP contribution in [0.25, 0.3) is 0 Å². The van der Waals surface area contributed by atoms with Crippen molar-refractivity contribution in [1.29, 1.82) is 0 Å². The zero-order chi connectivity index (χ0) is 8.55. The minimum atomic E-state index is 0.653. The smallest absolute Gasteiger partial charge is 0.0487 e. The maximum atomic E-state index is 3.42. The normalized spacial score (nSPS) is 20.3. The van der Waals surface area contributed by atoms with Crippen LogP contribution in [0, 0.1) is 6.92 Å². The molecule has 2 heteroatoms. The van der Waals surface area contributed by atoms with Crippen LogP contribution < -0.4 is 5.32 Å². The van der Waals surface area contributed by atoms with Crippen LogP contribution in [0.3, 0.4) is 0 Å². The predicted octanol–water partition coefficient (Wildman–Crippen LogP) is 2.82. The van der Waals surface area contributed by atoms with Gasteiger partial charge in [0.25, 0.3) is 0 Å². The second-order valence-corrected chi connectivity index (χ2v) is 4.24. The molecule has 0 fully saturated rings. The largest absolute Gasteiger partial charge is 0.383 e. The van der Waals surface area contributed by atoms with Gasteiger partial charge < -0.3 is 5.32 Å². The van der Waals surface area contributed by atoms with Gasteiger partial charge >= 0.3 is 0 Å². The summed E-state index contributed by atoms with van der Waals surface area (Å²) in [5.41, 5.74) is 4.13. The van der Waals surface area contributed by atoms with E-state index in [1.165, 1.54) is 16.8 Å². The minimum Gasteiger partial charge on any atom is -0.383 e. The maximum Gasteiger partial charge on any atom is 0.0487 e. The van der Waals surface area contributed by atoms with E-state index >= 15 is 0 Å². The van der Waals surface area contributed by atoms with Crippen LogP contribution in [0.5, 0.6) is 0 Å². The van der Waals surface area contributed by atoms with Gasteiger partial charge in [0.05, 0.1) is 0 Å². The van der Waals surface area contributed by atoms with Gasteiger partial charge in [-0.15, -0.1) is 0 Å². The number of thioether (sulfide) groups is 1. The Morgan fingerprint density at radius 2 is 2.33 bits per heavy atom. The summed E-state index contributed by atoms with van der Waals surface area (Å²) < 4.78 is 0. The molecule has 0 radical (unpaired) electrons. The molecule has 0 aliphatic carbocycles. The standard InChI is InChI=1S/C10H13NS/c1-7-3-4-8-9(5-7)11-6-10(8)12-2/h3-5,10-11H,6H2,1-2H3. The van der Waals surface area contributed by atoms with E-state index < -0.39 is 0 Å². The van der Waals surface area contributed by atoms with Gasteiger partial charge in [-0.05, 0) is 30.4 Å². The van der Waals surface area contributed by atoms with Crippen molar-refractivity contribution in [1.82, 2.24) is 0 Å². The van der Waals surface area contributed by atoms with Gasteiger partial charge in [0.1, 0.15) is 0 Å². The Morgan fingerprint density at radius 3 is 3.08 bits per heavy atom. The molecular formula is C10H13NS. The van der Waals surface area contributed by atoms with Gasteiger partial charge in [-0.3, -0.25) is 0 Å². The average Bonchev–Trinajstić information content (AvgIpc) is 2.46. The third-order valence-corrected chi connectivity index (χ3v) is 3.31. The maximum absolute atomic E-state index is 3.42.